The number of allylic oxidation sites excluding steroid dienone is 1. The Morgan fingerprint density at radius 2 is 2.25 bits per heavy atom. The predicted molar refractivity (Wildman–Crippen MR) is 60.7 cm³/mol. The summed E-state index contributed by atoms with van der Waals surface area (Å²) in [7, 11) is 0. The van der Waals surface area contributed by atoms with E-state index in [1.165, 1.54) is 12.0 Å². The van der Waals surface area contributed by atoms with E-state index in [-0.39, 0.29) is 11.8 Å². The molecule has 0 aromatic rings. The van der Waals surface area contributed by atoms with Crippen LogP contribution in [0.15, 0.2) is 12.2 Å². The zero-order valence-electron chi connectivity index (χ0n) is 9.48. The van der Waals surface area contributed by atoms with Gasteiger partial charge >= 0.3 is 5.97 Å². The van der Waals surface area contributed by atoms with Crippen LogP contribution in [0.2, 0.25) is 0 Å². The highest BCUT2D eigenvalue weighted by molar-refractivity contribution is 5.68. The molecule has 0 radical (unpaired) electrons. The lowest BCUT2D eigenvalue weighted by Crippen LogP contribution is -2.58. The van der Waals surface area contributed by atoms with Crippen molar-refractivity contribution in [1.29, 1.82) is 0 Å². The Kier molecular flexibility index (Phi) is 2.00. The number of carboxylic acid groups (broad SMARTS) is 1. The fourth-order valence-corrected chi connectivity index (χ4v) is 4.96. The molecule has 0 bridgehead atoms. The normalized spacial score (nSPS) is 48.9. The number of nitrogens with two attached hydrogens (primary N) is 1. The van der Waals surface area contributed by atoms with Gasteiger partial charge in [-0.2, -0.15) is 0 Å². The summed E-state index contributed by atoms with van der Waals surface area (Å²) in [5.74, 6) is 1.78. The molecule has 0 aromatic heterocycles. The van der Waals surface area contributed by atoms with Gasteiger partial charge in [0.15, 0.2) is 0 Å². The topological polar surface area (TPSA) is 63.3 Å². The fourth-order valence-electron chi connectivity index (χ4n) is 4.96. The van der Waals surface area contributed by atoms with Crippen LogP contribution in [0.5, 0.6) is 0 Å². The predicted octanol–water partition coefficient (Wildman–Crippen LogP) is 1.64. The second-order valence-electron chi connectivity index (χ2n) is 5.84. The van der Waals surface area contributed by atoms with Gasteiger partial charge in [-0.3, -0.25) is 4.79 Å². The van der Waals surface area contributed by atoms with Crippen LogP contribution in [0, 0.1) is 29.1 Å². The van der Waals surface area contributed by atoms with Crippen LogP contribution >= 0.6 is 0 Å². The molecule has 0 aromatic carbocycles. The van der Waals surface area contributed by atoms with E-state index in [0.29, 0.717) is 24.3 Å². The molecule has 1 unspecified atom stereocenters. The van der Waals surface area contributed by atoms with Crippen LogP contribution in [-0.4, -0.2) is 17.6 Å². The molecule has 3 rings (SSSR count). The molecular weight excluding hydrogens is 202 g/mol. The quantitative estimate of drug-likeness (QED) is 0.712. The van der Waals surface area contributed by atoms with Gasteiger partial charge in [0, 0.05) is 0 Å². The number of hydrogen-bond donors (Lipinski definition) is 2. The third kappa shape index (κ3) is 1.000. The summed E-state index contributed by atoms with van der Waals surface area (Å²) in [6.45, 7) is 4.70. The van der Waals surface area contributed by atoms with Crippen molar-refractivity contribution in [1.82, 2.24) is 0 Å². The molecule has 0 saturated heterocycles. The van der Waals surface area contributed by atoms with Gasteiger partial charge in [0.25, 0.3) is 0 Å². The van der Waals surface area contributed by atoms with Crippen molar-refractivity contribution >= 4 is 5.97 Å². The molecule has 3 saturated carbocycles. The molecule has 0 spiro atoms. The van der Waals surface area contributed by atoms with E-state index in [9.17, 15) is 4.79 Å². The average Bonchev–Trinajstić information content (AvgIpc) is 2.73. The molecule has 3 aliphatic carbocycles. The summed E-state index contributed by atoms with van der Waals surface area (Å²) in [5, 5.41) is 9.08. The Balaban J connectivity index is 1.92. The van der Waals surface area contributed by atoms with Crippen LogP contribution in [0.1, 0.15) is 25.7 Å². The fraction of sp³-hybridized carbons (Fsp3) is 0.769. The van der Waals surface area contributed by atoms with Crippen LogP contribution in [0.25, 0.3) is 0 Å². The maximum atomic E-state index is 11.0. The molecule has 5 atom stereocenters. The highest BCUT2D eigenvalue weighted by Crippen LogP contribution is 2.72. The van der Waals surface area contributed by atoms with Gasteiger partial charge in [-0.05, 0) is 54.9 Å². The minimum atomic E-state index is -0.690. The van der Waals surface area contributed by atoms with Crippen molar-refractivity contribution in [3.05, 3.63) is 12.2 Å². The first kappa shape index (κ1) is 10.3. The second-order valence-corrected chi connectivity index (χ2v) is 5.84. The summed E-state index contributed by atoms with van der Waals surface area (Å²) in [6, 6.07) is 0. The lowest BCUT2D eigenvalue weighted by molar-refractivity contribution is -0.153. The van der Waals surface area contributed by atoms with Crippen LogP contribution in [0.3, 0.4) is 0 Å². The molecule has 3 fully saturated rings. The zero-order valence-corrected chi connectivity index (χ0v) is 9.48. The summed E-state index contributed by atoms with van der Waals surface area (Å²) < 4.78 is 0. The molecule has 0 aliphatic heterocycles. The standard InChI is InChI=1S/C13H19NO2/c1-7-4-10-12-8(7)2-3-9(12)13(10,6-14)5-11(15)16/h8-10,12H,1-6,14H2,(H,15,16)/t8?,9-,10+,12+,13+/m0/s1. The number of rotatable bonds is 3. The Bertz CT molecular complexity index is 365. The number of hydrogen-bond acceptors (Lipinski definition) is 2. The van der Waals surface area contributed by atoms with Crippen LogP contribution in [0.4, 0.5) is 0 Å². The molecule has 16 heavy (non-hydrogen) atoms. The maximum Gasteiger partial charge on any atom is 0.303 e. The van der Waals surface area contributed by atoms with Gasteiger partial charge in [0.2, 0.25) is 0 Å². The first-order chi connectivity index (χ1) is 7.60. The number of aliphatic carboxylic acids is 1. The summed E-state index contributed by atoms with van der Waals surface area (Å²) >= 11 is 0. The Morgan fingerprint density at radius 3 is 2.88 bits per heavy atom. The molecule has 3 nitrogen and oxygen atoms in total. The first-order valence-corrected chi connectivity index (χ1v) is 6.19. The van der Waals surface area contributed by atoms with Crippen LogP contribution < -0.4 is 5.73 Å². The van der Waals surface area contributed by atoms with Crippen molar-refractivity contribution < 1.29 is 9.90 Å². The summed E-state index contributed by atoms with van der Waals surface area (Å²) in [5.41, 5.74) is 7.16. The van der Waals surface area contributed by atoms with Gasteiger partial charge in [-0.25, -0.2) is 0 Å². The average molecular weight is 221 g/mol. The Morgan fingerprint density at radius 1 is 1.50 bits per heavy atom. The van der Waals surface area contributed by atoms with Crippen molar-refractivity contribution in [2.24, 2.45) is 34.8 Å². The summed E-state index contributed by atoms with van der Waals surface area (Å²) in [4.78, 5) is 11.0. The van der Waals surface area contributed by atoms with Gasteiger partial charge in [0.05, 0.1) is 6.42 Å². The number of carbonyl (C=O) groups is 1. The van der Waals surface area contributed by atoms with Crippen molar-refractivity contribution in [3.8, 4) is 0 Å². The molecule has 3 heteroatoms. The monoisotopic (exact) mass is 221 g/mol. The zero-order chi connectivity index (χ0) is 11.5. The smallest absolute Gasteiger partial charge is 0.303 e. The molecule has 0 heterocycles. The van der Waals surface area contributed by atoms with E-state index in [4.69, 9.17) is 10.8 Å². The van der Waals surface area contributed by atoms with Gasteiger partial charge in [-0.15, -0.1) is 0 Å². The highest BCUT2D eigenvalue weighted by atomic mass is 16.4. The molecule has 88 valence electrons. The second kappa shape index (κ2) is 3.10. The highest BCUT2D eigenvalue weighted by Gasteiger charge is 2.68. The van der Waals surface area contributed by atoms with Crippen molar-refractivity contribution in [2.45, 2.75) is 25.7 Å². The van der Waals surface area contributed by atoms with Gasteiger partial charge < -0.3 is 10.8 Å². The van der Waals surface area contributed by atoms with Gasteiger partial charge in [-0.1, -0.05) is 12.2 Å². The third-order valence-electron chi connectivity index (χ3n) is 5.53. The van der Waals surface area contributed by atoms with Crippen molar-refractivity contribution in [2.75, 3.05) is 6.54 Å². The molecule has 0 amide bonds. The third-order valence-corrected chi connectivity index (χ3v) is 5.53. The Labute approximate surface area is 95.7 Å². The van der Waals surface area contributed by atoms with E-state index in [1.807, 2.05) is 0 Å². The molecular formula is C13H19NO2. The molecule has 3 N–H and O–H groups in total. The van der Waals surface area contributed by atoms with E-state index in [2.05, 4.69) is 6.58 Å². The van der Waals surface area contributed by atoms with E-state index in [1.54, 1.807) is 0 Å². The van der Waals surface area contributed by atoms with Crippen LogP contribution in [-0.2, 0) is 4.79 Å². The van der Waals surface area contributed by atoms with E-state index >= 15 is 0 Å². The largest absolute Gasteiger partial charge is 0.481 e. The van der Waals surface area contributed by atoms with Gasteiger partial charge in [0.1, 0.15) is 0 Å². The minimum Gasteiger partial charge on any atom is -0.481 e. The first-order valence-electron chi connectivity index (χ1n) is 6.19. The maximum absolute atomic E-state index is 11.0. The lowest BCUT2D eigenvalue weighted by atomic mass is 9.47. The Hall–Kier alpha value is -0.830. The van der Waals surface area contributed by atoms with E-state index < -0.39 is 5.97 Å². The minimum absolute atomic E-state index is 0.106. The lowest BCUT2D eigenvalue weighted by Gasteiger charge is -2.57. The molecule has 3 aliphatic rings. The summed E-state index contributed by atoms with van der Waals surface area (Å²) in [6.07, 6.45) is 3.66. The number of carboxylic acids is 1. The SMILES string of the molecule is C=C1C[C@@H]2[C@@H]3C1CC[C@@H]3[C@]2(CN)CC(=O)O. The van der Waals surface area contributed by atoms with E-state index in [0.717, 1.165) is 18.8 Å². The van der Waals surface area contributed by atoms with Crippen molar-refractivity contribution in [3.63, 3.8) is 0 Å².